The molecule has 0 aliphatic carbocycles. The topological polar surface area (TPSA) is 101 Å². The zero-order chi connectivity index (χ0) is 20.9. The summed E-state index contributed by atoms with van der Waals surface area (Å²) >= 11 is 3.24. The summed E-state index contributed by atoms with van der Waals surface area (Å²) in [5, 5.41) is 2.57. The Labute approximate surface area is 174 Å². The normalized spacial score (nSPS) is 11.4. The molecule has 0 spiro atoms. The Hall–Kier alpha value is -3.11. The second-order valence-corrected chi connectivity index (χ2v) is 8.29. The first-order chi connectivity index (χ1) is 13.8. The van der Waals surface area contributed by atoms with Gasteiger partial charge in [-0.25, -0.2) is 27.5 Å². The molecule has 0 aliphatic rings. The zero-order valence-electron chi connectivity index (χ0n) is 14.7. The highest BCUT2D eigenvalue weighted by molar-refractivity contribution is 9.10. The number of hydrogen-bond donors (Lipinski definition) is 2. The Balaban J connectivity index is 1.66. The lowest BCUT2D eigenvalue weighted by Crippen LogP contribution is -2.15. The third-order valence-corrected chi connectivity index (χ3v) is 5.43. The van der Waals surface area contributed by atoms with Crippen LogP contribution in [0.4, 0.5) is 16.0 Å². The number of amides is 1. The van der Waals surface area contributed by atoms with E-state index in [9.17, 15) is 17.6 Å². The van der Waals surface area contributed by atoms with Crippen LogP contribution in [0.2, 0.25) is 0 Å². The van der Waals surface area contributed by atoms with Crippen LogP contribution in [0.1, 0.15) is 5.56 Å². The lowest BCUT2D eigenvalue weighted by molar-refractivity contribution is -0.111. The molecule has 2 aromatic carbocycles. The maximum Gasteiger partial charge on any atom is 0.264 e. The van der Waals surface area contributed by atoms with Crippen molar-refractivity contribution in [2.45, 2.75) is 4.90 Å². The van der Waals surface area contributed by atoms with Crippen molar-refractivity contribution in [3.63, 3.8) is 0 Å². The number of sulfonamides is 1. The molecule has 3 rings (SSSR count). The van der Waals surface area contributed by atoms with E-state index in [1.54, 1.807) is 18.2 Å². The van der Waals surface area contributed by atoms with Crippen molar-refractivity contribution in [2.75, 3.05) is 10.0 Å². The first-order valence-corrected chi connectivity index (χ1v) is 10.5. The molecule has 0 fully saturated rings. The van der Waals surface area contributed by atoms with E-state index < -0.39 is 21.7 Å². The summed E-state index contributed by atoms with van der Waals surface area (Å²) in [6, 6.07) is 11.5. The molecule has 1 aromatic heterocycles. The third-order valence-electron chi connectivity index (χ3n) is 3.60. The molecule has 29 heavy (non-hydrogen) atoms. The van der Waals surface area contributed by atoms with Gasteiger partial charge in [-0.1, -0.05) is 15.9 Å². The lowest BCUT2D eigenvalue weighted by atomic mass is 10.2. The first-order valence-electron chi connectivity index (χ1n) is 8.17. The summed E-state index contributed by atoms with van der Waals surface area (Å²) in [7, 11) is -3.86. The smallest absolute Gasteiger partial charge is 0.264 e. The van der Waals surface area contributed by atoms with Gasteiger partial charge in [0, 0.05) is 34.2 Å². The van der Waals surface area contributed by atoms with E-state index in [2.05, 4.69) is 35.9 Å². The van der Waals surface area contributed by atoms with E-state index in [1.807, 2.05) is 0 Å². The molecule has 148 valence electrons. The highest BCUT2D eigenvalue weighted by Gasteiger charge is 2.15. The molecule has 1 amide bonds. The maximum absolute atomic E-state index is 13.7. The summed E-state index contributed by atoms with van der Waals surface area (Å²) in [4.78, 5) is 19.6. The number of hydrogen-bond acceptors (Lipinski definition) is 5. The van der Waals surface area contributed by atoms with Crippen LogP contribution in [0.25, 0.3) is 6.08 Å². The fourth-order valence-electron chi connectivity index (χ4n) is 2.24. The minimum Gasteiger partial charge on any atom is -0.323 e. The number of rotatable bonds is 6. The molecule has 0 radical (unpaired) electrons. The number of nitrogens with zero attached hydrogens (tertiary/aromatic N) is 2. The van der Waals surface area contributed by atoms with E-state index >= 15 is 0 Å². The predicted molar refractivity (Wildman–Crippen MR) is 111 cm³/mol. The van der Waals surface area contributed by atoms with Crippen molar-refractivity contribution in [1.82, 2.24) is 9.97 Å². The molecule has 0 saturated heterocycles. The quantitative estimate of drug-likeness (QED) is 0.526. The molecule has 0 aliphatic heterocycles. The van der Waals surface area contributed by atoms with Gasteiger partial charge in [0.15, 0.2) is 0 Å². The monoisotopic (exact) mass is 476 g/mol. The van der Waals surface area contributed by atoms with E-state index in [1.165, 1.54) is 54.9 Å². The predicted octanol–water partition coefficient (Wildman–Crippen LogP) is 3.83. The standard InChI is InChI=1S/C19H14BrFN4O3S/c20-14-3-8-17(21)13(12-14)2-9-18(26)24-15-4-6-16(7-5-15)29(27,28)25-19-22-10-1-11-23-19/h1-12H,(H,24,26)(H,22,23,25)/b9-2+. The van der Waals surface area contributed by atoms with Crippen molar-refractivity contribution >= 4 is 49.6 Å². The van der Waals surface area contributed by atoms with Crippen LogP contribution < -0.4 is 10.0 Å². The molecule has 1 heterocycles. The van der Waals surface area contributed by atoms with Crippen molar-refractivity contribution in [2.24, 2.45) is 0 Å². The summed E-state index contributed by atoms with van der Waals surface area (Å²) in [6.07, 6.45) is 5.36. The van der Waals surface area contributed by atoms with E-state index in [-0.39, 0.29) is 16.4 Å². The van der Waals surface area contributed by atoms with Crippen molar-refractivity contribution in [3.05, 3.63) is 82.9 Å². The molecule has 10 heteroatoms. The van der Waals surface area contributed by atoms with Gasteiger partial charge in [-0.2, -0.15) is 0 Å². The third kappa shape index (κ3) is 5.69. The van der Waals surface area contributed by atoms with Gasteiger partial charge in [0.05, 0.1) is 4.90 Å². The van der Waals surface area contributed by atoms with Gasteiger partial charge < -0.3 is 5.32 Å². The number of anilines is 2. The van der Waals surface area contributed by atoms with Gasteiger partial charge in [-0.3, -0.25) is 4.79 Å². The van der Waals surface area contributed by atoms with Crippen LogP contribution in [0.5, 0.6) is 0 Å². The van der Waals surface area contributed by atoms with Crippen molar-refractivity contribution < 1.29 is 17.6 Å². The van der Waals surface area contributed by atoms with Gasteiger partial charge in [-0.15, -0.1) is 0 Å². The molecular formula is C19H14BrFN4O3S. The average Bonchev–Trinajstić information content (AvgIpc) is 2.69. The first kappa shape index (κ1) is 20.6. The minimum absolute atomic E-state index is 0.0188. The number of halogens is 2. The van der Waals surface area contributed by atoms with Gasteiger partial charge in [0.2, 0.25) is 11.9 Å². The fraction of sp³-hybridized carbons (Fsp3) is 0. The minimum atomic E-state index is -3.86. The number of benzene rings is 2. The van der Waals surface area contributed by atoms with Crippen LogP contribution in [0.3, 0.4) is 0 Å². The molecular weight excluding hydrogens is 463 g/mol. The highest BCUT2D eigenvalue weighted by Crippen LogP contribution is 2.18. The molecule has 3 aromatic rings. The second kappa shape index (κ2) is 8.93. The molecule has 0 unspecified atom stereocenters. The molecule has 7 nitrogen and oxygen atoms in total. The average molecular weight is 477 g/mol. The molecule has 0 saturated carbocycles. The van der Waals surface area contributed by atoms with E-state index in [4.69, 9.17) is 0 Å². The summed E-state index contributed by atoms with van der Waals surface area (Å²) in [5.74, 6) is -0.993. The van der Waals surface area contributed by atoms with E-state index in [0.717, 1.165) is 0 Å². The van der Waals surface area contributed by atoms with Crippen LogP contribution in [0, 0.1) is 5.82 Å². The Morgan fingerprint density at radius 1 is 1.07 bits per heavy atom. The largest absolute Gasteiger partial charge is 0.323 e. The van der Waals surface area contributed by atoms with Crippen molar-refractivity contribution in [3.8, 4) is 0 Å². The lowest BCUT2D eigenvalue weighted by Gasteiger charge is -2.07. The van der Waals surface area contributed by atoms with E-state index in [0.29, 0.717) is 10.2 Å². The van der Waals surface area contributed by atoms with Crippen LogP contribution in [-0.2, 0) is 14.8 Å². The van der Waals surface area contributed by atoms with Gasteiger partial charge in [-0.05, 0) is 54.6 Å². The van der Waals surface area contributed by atoms with Crippen LogP contribution in [0.15, 0.2) is 76.4 Å². The Morgan fingerprint density at radius 3 is 2.45 bits per heavy atom. The fourth-order valence-corrected chi connectivity index (χ4v) is 3.58. The Kier molecular flexibility index (Phi) is 6.35. The highest BCUT2D eigenvalue weighted by atomic mass is 79.9. The van der Waals surface area contributed by atoms with Gasteiger partial charge in [0.1, 0.15) is 5.82 Å². The number of carbonyl (C=O) groups excluding carboxylic acids is 1. The van der Waals surface area contributed by atoms with Crippen molar-refractivity contribution in [1.29, 1.82) is 0 Å². The molecule has 0 bridgehead atoms. The van der Waals surface area contributed by atoms with Gasteiger partial charge in [0.25, 0.3) is 10.0 Å². The summed E-state index contributed by atoms with van der Waals surface area (Å²) in [6.45, 7) is 0. The van der Waals surface area contributed by atoms with Crippen LogP contribution >= 0.6 is 15.9 Å². The number of nitrogens with one attached hydrogen (secondary N) is 2. The second-order valence-electron chi connectivity index (χ2n) is 5.69. The maximum atomic E-state index is 13.7. The number of carbonyl (C=O) groups is 1. The Morgan fingerprint density at radius 2 is 1.76 bits per heavy atom. The van der Waals surface area contributed by atoms with Crippen LogP contribution in [-0.4, -0.2) is 24.3 Å². The SMILES string of the molecule is O=C(/C=C/c1cc(Br)ccc1F)Nc1ccc(S(=O)(=O)Nc2ncccn2)cc1. The zero-order valence-corrected chi connectivity index (χ0v) is 17.1. The number of aromatic nitrogens is 2. The summed E-state index contributed by atoms with van der Waals surface area (Å²) in [5.41, 5.74) is 0.634. The summed E-state index contributed by atoms with van der Waals surface area (Å²) < 4.78 is 41.3. The van der Waals surface area contributed by atoms with Gasteiger partial charge >= 0.3 is 0 Å². The Bertz CT molecular complexity index is 1150. The molecule has 2 N–H and O–H groups in total. The molecule has 0 atom stereocenters.